The SMILES string of the molecule is CC(c1ccccc1)n1cncc1CNC(C)(C)C. The minimum absolute atomic E-state index is 0.116. The van der Waals surface area contributed by atoms with Crippen LogP contribution in [0, 0.1) is 0 Å². The van der Waals surface area contributed by atoms with Gasteiger partial charge in [-0.2, -0.15) is 0 Å². The molecule has 0 amide bonds. The molecule has 1 unspecified atom stereocenters. The predicted octanol–water partition coefficient (Wildman–Crippen LogP) is 3.38. The first-order chi connectivity index (χ1) is 8.97. The lowest BCUT2D eigenvalue weighted by Gasteiger charge is -2.22. The van der Waals surface area contributed by atoms with Crippen molar-refractivity contribution in [2.75, 3.05) is 0 Å². The Kier molecular flexibility index (Phi) is 4.05. The predicted molar refractivity (Wildman–Crippen MR) is 79.1 cm³/mol. The molecular formula is C16H23N3. The van der Waals surface area contributed by atoms with Crippen molar-refractivity contribution in [3.8, 4) is 0 Å². The Morgan fingerprint density at radius 2 is 1.89 bits per heavy atom. The molecule has 1 heterocycles. The van der Waals surface area contributed by atoms with E-state index in [1.165, 1.54) is 11.3 Å². The van der Waals surface area contributed by atoms with E-state index in [2.05, 4.69) is 66.8 Å². The lowest BCUT2D eigenvalue weighted by Crippen LogP contribution is -2.35. The van der Waals surface area contributed by atoms with Gasteiger partial charge in [0.15, 0.2) is 0 Å². The van der Waals surface area contributed by atoms with Crippen molar-refractivity contribution in [1.82, 2.24) is 14.9 Å². The molecule has 0 aliphatic carbocycles. The van der Waals surface area contributed by atoms with Gasteiger partial charge < -0.3 is 9.88 Å². The molecule has 1 aromatic heterocycles. The summed E-state index contributed by atoms with van der Waals surface area (Å²) in [7, 11) is 0. The summed E-state index contributed by atoms with van der Waals surface area (Å²) in [6.07, 6.45) is 3.86. The molecular weight excluding hydrogens is 234 g/mol. The molecule has 0 radical (unpaired) electrons. The maximum Gasteiger partial charge on any atom is 0.0954 e. The van der Waals surface area contributed by atoms with E-state index in [4.69, 9.17) is 0 Å². The van der Waals surface area contributed by atoms with E-state index in [1.54, 1.807) is 0 Å². The second-order valence-electron chi connectivity index (χ2n) is 5.98. The van der Waals surface area contributed by atoms with Gasteiger partial charge in [-0.1, -0.05) is 30.3 Å². The van der Waals surface area contributed by atoms with E-state index >= 15 is 0 Å². The van der Waals surface area contributed by atoms with Gasteiger partial charge in [0.05, 0.1) is 18.1 Å². The highest BCUT2D eigenvalue weighted by Gasteiger charge is 2.14. The zero-order valence-electron chi connectivity index (χ0n) is 12.2. The topological polar surface area (TPSA) is 29.9 Å². The van der Waals surface area contributed by atoms with Crippen LogP contribution in [0.1, 0.15) is 45.0 Å². The van der Waals surface area contributed by atoms with Crippen LogP contribution < -0.4 is 5.32 Å². The van der Waals surface area contributed by atoms with Gasteiger partial charge in [-0.3, -0.25) is 0 Å². The van der Waals surface area contributed by atoms with Gasteiger partial charge in [0.2, 0.25) is 0 Å². The van der Waals surface area contributed by atoms with Crippen molar-refractivity contribution in [2.45, 2.75) is 45.8 Å². The Balaban J connectivity index is 2.15. The van der Waals surface area contributed by atoms with E-state index in [9.17, 15) is 0 Å². The smallest absolute Gasteiger partial charge is 0.0954 e. The summed E-state index contributed by atoms with van der Waals surface area (Å²) in [6.45, 7) is 9.56. The zero-order chi connectivity index (χ0) is 13.9. The molecule has 0 spiro atoms. The molecule has 19 heavy (non-hydrogen) atoms. The Morgan fingerprint density at radius 1 is 1.21 bits per heavy atom. The fourth-order valence-corrected chi connectivity index (χ4v) is 2.07. The summed E-state index contributed by atoms with van der Waals surface area (Å²) >= 11 is 0. The fraction of sp³-hybridized carbons (Fsp3) is 0.438. The summed E-state index contributed by atoms with van der Waals surface area (Å²) in [5.74, 6) is 0. The van der Waals surface area contributed by atoms with Crippen LogP contribution in [-0.4, -0.2) is 15.1 Å². The summed E-state index contributed by atoms with van der Waals surface area (Å²) in [4.78, 5) is 4.29. The van der Waals surface area contributed by atoms with Gasteiger partial charge in [-0.05, 0) is 33.3 Å². The van der Waals surface area contributed by atoms with Crippen LogP contribution in [0.3, 0.4) is 0 Å². The summed E-state index contributed by atoms with van der Waals surface area (Å²) in [5.41, 5.74) is 2.63. The molecule has 2 aromatic rings. The largest absolute Gasteiger partial charge is 0.326 e. The number of imidazole rings is 1. The normalized spacial score (nSPS) is 13.5. The third-order valence-corrected chi connectivity index (χ3v) is 3.25. The lowest BCUT2D eigenvalue weighted by atomic mass is 10.1. The number of hydrogen-bond acceptors (Lipinski definition) is 2. The Hall–Kier alpha value is -1.61. The van der Waals surface area contributed by atoms with Gasteiger partial charge in [0, 0.05) is 18.3 Å². The second kappa shape index (κ2) is 5.57. The quantitative estimate of drug-likeness (QED) is 0.910. The minimum atomic E-state index is 0.116. The maximum absolute atomic E-state index is 4.29. The van der Waals surface area contributed by atoms with Crippen molar-refractivity contribution in [2.24, 2.45) is 0 Å². The van der Waals surface area contributed by atoms with Gasteiger partial charge in [-0.15, -0.1) is 0 Å². The minimum Gasteiger partial charge on any atom is -0.326 e. The number of benzene rings is 1. The number of nitrogens with zero attached hydrogens (tertiary/aromatic N) is 2. The van der Waals surface area contributed by atoms with E-state index < -0.39 is 0 Å². The van der Waals surface area contributed by atoms with Crippen LogP contribution in [0.4, 0.5) is 0 Å². The Bertz CT molecular complexity index is 508. The molecule has 0 bridgehead atoms. The van der Waals surface area contributed by atoms with Gasteiger partial charge in [0.1, 0.15) is 0 Å². The summed E-state index contributed by atoms with van der Waals surface area (Å²) < 4.78 is 2.23. The monoisotopic (exact) mass is 257 g/mol. The first-order valence-electron chi connectivity index (χ1n) is 6.78. The number of nitrogens with one attached hydrogen (secondary N) is 1. The third-order valence-electron chi connectivity index (χ3n) is 3.25. The molecule has 0 aliphatic heterocycles. The molecule has 0 fully saturated rings. The first kappa shape index (κ1) is 13.8. The van der Waals surface area contributed by atoms with Crippen molar-refractivity contribution < 1.29 is 0 Å². The fourth-order valence-electron chi connectivity index (χ4n) is 2.07. The van der Waals surface area contributed by atoms with E-state index in [0.717, 1.165) is 6.54 Å². The third kappa shape index (κ3) is 3.67. The molecule has 1 N–H and O–H groups in total. The maximum atomic E-state index is 4.29. The first-order valence-corrected chi connectivity index (χ1v) is 6.78. The molecule has 3 heteroatoms. The van der Waals surface area contributed by atoms with Crippen molar-refractivity contribution >= 4 is 0 Å². The molecule has 0 aliphatic rings. The van der Waals surface area contributed by atoms with Crippen LogP contribution >= 0.6 is 0 Å². The molecule has 0 saturated carbocycles. The molecule has 3 nitrogen and oxygen atoms in total. The van der Waals surface area contributed by atoms with Crippen LogP contribution in [0.2, 0.25) is 0 Å². The van der Waals surface area contributed by atoms with Crippen LogP contribution in [0.15, 0.2) is 42.9 Å². The van der Waals surface area contributed by atoms with E-state index in [0.29, 0.717) is 6.04 Å². The van der Waals surface area contributed by atoms with Crippen LogP contribution in [-0.2, 0) is 6.54 Å². The molecule has 1 aromatic carbocycles. The van der Waals surface area contributed by atoms with Crippen LogP contribution in [0.5, 0.6) is 0 Å². The van der Waals surface area contributed by atoms with Gasteiger partial charge in [-0.25, -0.2) is 4.98 Å². The summed E-state index contributed by atoms with van der Waals surface area (Å²) in [5, 5.41) is 3.51. The highest BCUT2D eigenvalue weighted by Crippen LogP contribution is 2.19. The van der Waals surface area contributed by atoms with Gasteiger partial charge >= 0.3 is 0 Å². The van der Waals surface area contributed by atoms with E-state index in [1.807, 2.05) is 18.6 Å². The van der Waals surface area contributed by atoms with Gasteiger partial charge in [0.25, 0.3) is 0 Å². The average Bonchev–Trinajstić information content (AvgIpc) is 2.84. The van der Waals surface area contributed by atoms with Crippen molar-refractivity contribution in [1.29, 1.82) is 0 Å². The Morgan fingerprint density at radius 3 is 2.53 bits per heavy atom. The second-order valence-corrected chi connectivity index (χ2v) is 5.98. The summed E-state index contributed by atoms with van der Waals surface area (Å²) in [6, 6.07) is 10.8. The van der Waals surface area contributed by atoms with Crippen molar-refractivity contribution in [3.05, 3.63) is 54.1 Å². The number of aromatic nitrogens is 2. The Labute approximate surface area is 115 Å². The highest BCUT2D eigenvalue weighted by atomic mass is 15.1. The van der Waals surface area contributed by atoms with Crippen LogP contribution in [0.25, 0.3) is 0 Å². The standard InChI is InChI=1S/C16H23N3/c1-13(14-8-6-5-7-9-14)19-12-17-10-15(19)11-18-16(2,3)4/h5-10,12-13,18H,11H2,1-4H3. The molecule has 0 saturated heterocycles. The zero-order valence-corrected chi connectivity index (χ0v) is 12.2. The lowest BCUT2D eigenvalue weighted by molar-refractivity contribution is 0.413. The average molecular weight is 257 g/mol. The number of hydrogen-bond donors (Lipinski definition) is 1. The number of rotatable bonds is 4. The van der Waals surface area contributed by atoms with E-state index in [-0.39, 0.29) is 5.54 Å². The van der Waals surface area contributed by atoms with Crippen molar-refractivity contribution in [3.63, 3.8) is 0 Å². The highest BCUT2D eigenvalue weighted by molar-refractivity contribution is 5.20. The molecule has 2 rings (SSSR count). The molecule has 102 valence electrons. The molecule has 1 atom stereocenters.